The predicted octanol–water partition coefficient (Wildman–Crippen LogP) is 0.817. The Morgan fingerprint density at radius 2 is 1.44 bits per heavy atom. The zero-order chi connectivity index (χ0) is 18.8. The highest BCUT2D eigenvalue weighted by Crippen LogP contribution is 2.32. The number of amides is 3. The number of carbonyl (C=O) groups is 2. The SMILES string of the molecule is CC(=O)N1CCN(C(=O)N2CCN(Cc3ccc4c(c3)OCO4)CC2)CC1. The van der Waals surface area contributed by atoms with E-state index in [0.29, 0.717) is 33.0 Å². The van der Waals surface area contributed by atoms with Gasteiger partial charge in [-0.25, -0.2) is 4.79 Å². The molecule has 0 unspecified atom stereocenters. The molecule has 0 saturated carbocycles. The topological polar surface area (TPSA) is 65.6 Å². The van der Waals surface area contributed by atoms with Gasteiger partial charge in [0.1, 0.15) is 0 Å². The van der Waals surface area contributed by atoms with Crippen LogP contribution in [0, 0.1) is 0 Å². The van der Waals surface area contributed by atoms with Crippen LogP contribution in [-0.4, -0.2) is 90.7 Å². The molecule has 3 aliphatic rings. The van der Waals surface area contributed by atoms with Gasteiger partial charge in [0.25, 0.3) is 0 Å². The van der Waals surface area contributed by atoms with Gasteiger partial charge in [0.15, 0.2) is 11.5 Å². The minimum Gasteiger partial charge on any atom is -0.454 e. The van der Waals surface area contributed by atoms with Crippen molar-refractivity contribution in [2.45, 2.75) is 13.5 Å². The van der Waals surface area contributed by atoms with Crippen molar-refractivity contribution < 1.29 is 19.1 Å². The Kier molecular flexibility index (Phi) is 5.07. The van der Waals surface area contributed by atoms with Gasteiger partial charge in [-0.2, -0.15) is 0 Å². The number of piperazine rings is 2. The van der Waals surface area contributed by atoms with Gasteiger partial charge in [0, 0.05) is 65.8 Å². The summed E-state index contributed by atoms with van der Waals surface area (Å²) in [6.07, 6.45) is 0. The molecule has 0 radical (unpaired) electrons. The summed E-state index contributed by atoms with van der Waals surface area (Å²) in [5.41, 5.74) is 1.19. The summed E-state index contributed by atoms with van der Waals surface area (Å²) < 4.78 is 10.8. The van der Waals surface area contributed by atoms with Crippen molar-refractivity contribution in [3.05, 3.63) is 23.8 Å². The highest BCUT2D eigenvalue weighted by atomic mass is 16.7. The van der Waals surface area contributed by atoms with Gasteiger partial charge in [-0.3, -0.25) is 9.69 Å². The fourth-order valence-corrected chi connectivity index (χ4v) is 3.81. The van der Waals surface area contributed by atoms with Crippen LogP contribution in [0.4, 0.5) is 4.79 Å². The van der Waals surface area contributed by atoms with Crippen LogP contribution in [0.1, 0.15) is 12.5 Å². The molecule has 8 nitrogen and oxygen atoms in total. The van der Waals surface area contributed by atoms with Crippen molar-refractivity contribution in [2.24, 2.45) is 0 Å². The molecular formula is C19H26N4O4. The van der Waals surface area contributed by atoms with E-state index in [1.807, 2.05) is 21.9 Å². The van der Waals surface area contributed by atoms with E-state index in [1.54, 1.807) is 11.8 Å². The van der Waals surface area contributed by atoms with E-state index in [-0.39, 0.29) is 11.9 Å². The maximum atomic E-state index is 12.7. The molecule has 0 spiro atoms. The number of benzene rings is 1. The van der Waals surface area contributed by atoms with E-state index in [9.17, 15) is 9.59 Å². The van der Waals surface area contributed by atoms with Gasteiger partial charge in [-0.05, 0) is 17.7 Å². The molecule has 27 heavy (non-hydrogen) atoms. The van der Waals surface area contributed by atoms with Crippen LogP contribution in [0.2, 0.25) is 0 Å². The van der Waals surface area contributed by atoms with Gasteiger partial charge in [-0.1, -0.05) is 6.07 Å². The molecule has 3 heterocycles. The summed E-state index contributed by atoms with van der Waals surface area (Å²) >= 11 is 0. The van der Waals surface area contributed by atoms with Crippen LogP contribution in [0.25, 0.3) is 0 Å². The average Bonchev–Trinajstić information content (AvgIpc) is 3.16. The highest BCUT2D eigenvalue weighted by Gasteiger charge is 2.28. The van der Waals surface area contributed by atoms with Crippen molar-refractivity contribution in [2.75, 3.05) is 59.2 Å². The number of ether oxygens (including phenoxy) is 2. The molecule has 0 N–H and O–H groups in total. The van der Waals surface area contributed by atoms with Crippen molar-refractivity contribution >= 4 is 11.9 Å². The van der Waals surface area contributed by atoms with Gasteiger partial charge in [-0.15, -0.1) is 0 Å². The standard InChI is InChI=1S/C19H26N4O4/c1-15(24)21-8-10-23(11-9-21)19(25)22-6-4-20(5-7-22)13-16-2-3-17-18(12-16)27-14-26-17/h2-3,12H,4-11,13-14H2,1H3. The van der Waals surface area contributed by atoms with Gasteiger partial charge in [0.2, 0.25) is 12.7 Å². The Hall–Kier alpha value is -2.48. The molecule has 1 aromatic rings. The van der Waals surface area contributed by atoms with E-state index < -0.39 is 0 Å². The quantitative estimate of drug-likeness (QED) is 0.767. The highest BCUT2D eigenvalue weighted by molar-refractivity contribution is 5.76. The van der Waals surface area contributed by atoms with Gasteiger partial charge >= 0.3 is 6.03 Å². The fraction of sp³-hybridized carbons (Fsp3) is 0.579. The fourth-order valence-electron chi connectivity index (χ4n) is 3.81. The summed E-state index contributed by atoms with van der Waals surface area (Å²) in [4.78, 5) is 32.1. The first-order valence-corrected chi connectivity index (χ1v) is 9.50. The lowest BCUT2D eigenvalue weighted by molar-refractivity contribution is -0.130. The molecule has 0 bridgehead atoms. The third kappa shape index (κ3) is 3.95. The Morgan fingerprint density at radius 1 is 0.852 bits per heavy atom. The van der Waals surface area contributed by atoms with Crippen molar-refractivity contribution in [3.63, 3.8) is 0 Å². The normalized spacial score (nSPS) is 20.1. The average molecular weight is 374 g/mol. The summed E-state index contributed by atoms with van der Waals surface area (Å²) in [6, 6.07) is 6.16. The van der Waals surface area contributed by atoms with E-state index in [0.717, 1.165) is 44.2 Å². The van der Waals surface area contributed by atoms with E-state index in [4.69, 9.17) is 9.47 Å². The predicted molar refractivity (Wildman–Crippen MR) is 98.6 cm³/mol. The lowest BCUT2D eigenvalue weighted by atomic mass is 10.1. The first kappa shape index (κ1) is 17.9. The molecular weight excluding hydrogens is 348 g/mol. The molecule has 0 atom stereocenters. The molecule has 2 fully saturated rings. The second-order valence-electron chi connectivity index (χ2n) is 7.23. The summed E-state index contributed by atoms with van der Waals surface area (Å²) in [5, 5.41) is 0. The van der Waals surface area contributed by atoms with Gasteiger partial charge in [0.05, 0.1) is 0 Å². The number of fused-ring (bicyclic) bond motifs is 1. The van der Waals surface area contributed by atoms with Crippen LogP contribution < -0.4 is 9.47 Å². The Morgan fingerprint density at radius 3 is 2.11 bits per heavy atom. The molecule has 4 rings (SSSR count). The van der Waals surface area contributed by atoms with Gasteiger partial charge < -0.3 is 24.2 Å². The minimum absolute atomic E-state index is 0.0826. The number of hydrogen-bond donors (Lipinski definition) is 0. The number of rotatable bonds is 2. The second-order valence-corrected chi connectivity index (χ2v) is 7.23. The Labute approximate surface area is 159 Å². The molecule has 8 heteroatoms. The van der Waals surface area contributed by atoms with Crippen LogP contribution in [0.5, 0.6) is 11.5 Å². The van der Waals surface area contributed by atoms with Crippen molar-refractivity contribution in [1.82, 2.24) is 19.6 Å². The molecule has 146 valence electrons. The smallest absolute Gasteiger partial charge is 0.320 e. The number of nitrogens with zero attached hydrogens (tertiary/aromatic N) is 4. The first-order valence-electron chi connectivity index (χ1n) is 9.50. The lowest BCUT2D eigenvalue weighted by Crippen LogP contribution is -2.57. The third-order valence-corrected chi connectivity index (χ3v) is 5.48. The van der Waals surface area contributed by atoms with E-state index >= 15 is 0 Å². The lowest BCUT2D eigenvalue weighted by Gasteiger charge is -2.40. The van der Waals surface area contributed by atoms with Crippen LogP contribution in [-0.2, 0) is 11.3 Å². The minimum atomic E-state index is 0.0826. The van der Waals surface area contributed by atoms with Crippen LogP contribution >= 0.6 is 0 Å². The van der Waals surface area contributed by atoms with Crippen LogP contribution in [0.3, 0.4) is 0 Å². The molecule has 0 aliphatic carbocycles. The summed E-state index contributed by atoms with van der Waals surface area (Å²) in [7, 11) is 0. The maximum absolute atomic E-state index is 12.7. The molecule has 0 aromatic heterocycles. The van der Waals surface area contributed by atoms with E-state index in [2.05, 4.69) is 11.0 Å². The zero-order valence-electron chi connectivity index (χ0n) is 15.7. The van der Waals surface area contributed by atoms with Crippen molar-refractivity contribution in [1.29, 1.82) is 0 Å². The maximum Gasteiger partial charge on any atom is 0.320 e. The molecule has 2 saturated heterocycles. The van der Waals surface area contributed by atoms with E-state index in [1.165, 1.54) is 5.56 Å². The zero-order valence-corrected chi connectivity index (χ0v) is 15.7. The summed E-state index contributed by atoms with van der Waals surface area (Å²) in [5.74, 6) is 1.70. The molecule has 3 aliphatic heterocycles. The molecule has 3 amide bonds. The monoisotopic (exact) mass is 374 g/mol. The Bertz CT molecular complexity index is 710. The molecule has 1 aromatic carbocycles. The van der Waals surface area contributed by atoms with Crippen molar-refractivity contribution in [3.8, 4) is 11.5 Å². The summed E-state index contributed by atoms with van der Waals surface area (Å²) in [6.45, 7) is 8.39. The van der Waals surface area contributed by atoms with Crippen LogP contribution in [0.15, 0.2) is 18.2 Å². The second kappa shape index (κ2) is 7.64. The number of carbonyl (C=O) groups excluding carboxylic acids is 2. The third-order valence-electron chi connectivity index (χ3n) is 5.48. The number of hydrogen-bond acceptors (Lipinski definition) is 5. The Balaban J connectivity index is 1.25. The largest absolute Gasteiger partial charge is 0.454 e. The number of urea groups is 1. The first-order chi connectivity index (χ1) is 13.1.